The minimum absolute atomic E-state index is 0.0921. The second kappa shape index (κ2) is 4.27. The molecule has 0 amide bonds. The molecule has 1 aromatic rings. The van der Waals surface area contributed by atoms with Gasteiger partial charge in [-0.25, -0.2) is 4.79 Å². The largest absolute Gasteiger partial charge is 0.393 e. The summed E-state index contributed by atoms with van der Waals surface area (Å²) in [6.45, 7) is -0.0302. The number of hydrogen-bond acceptors (Lipinski definition) is 7. The molecular weight excluding hydrogens is 254 g/mol. The first kappa shape index (κ1) is 12.5. The third kappa shape index (κ3) is 1.76. The van der Waals surface area contributed by atoms with Crippen molar-refractivity contribution in [3.05, 3.63) is 22.7 Å². The zero-order valence-corrected chi connectivity index (χ0v) is 10.1. The van der Waals surface area contributed by atoms with E-state index in [4.69, 9.17) is 15.2 Å². The lowest BCUT2D eigenvalue weighted by Crippen LogP contribution is -2.52. The molecule has 4 atom stereocenters. The maximum atomic E-state index is 11.8. The molecule has 0 radical (unpaired) electrons. The molecule has 1 aromatic heterocycles. The van der Waals surface area contributed by atoms with Crippen molar-refractivity contribution >= 4 is 5.82 Å². The lowest BCUT2D eigenvalue weighted by Gasteiger charge is -2.33. The molecule has 0 spiro atoms. The number of nitrogen functional groups attached to an aromatic ring is 1. The van der Waals surface area contributed by atoms with Gasteiger partial charge in [0.15, 0.2) is 0 Å². The van der Waals surface area contributed by atoms with Gasteiger partial charge in [-0.3, -0.25) is 4.57 Å². The van der Waals surface area contributed by atoms with Crippen molar-refractivity contribution in [3.63, 3.8) is 0 Å². The summed E-state index contributed by atoms with van der Waals surface area (Å²) in [6.07, 6.45) is -0.140. The summed E-state index contributed by atoms with van der Waals surface area (Å²) < 4.78 is 12.3. The van der Waals surface area contributed by atoms with E-state index in [1.165, 1.54) is 16.8 Å². The van der Waals surface area contributed by atoms with Crippen molar-refractivity contribution in [2.75, 3.05) is 25.6 Å². The average Bonchev–Trinajstić information content (AvgIpc) is 2.56. The fraction of sp³-hybridized carbons (Fsp3) is 0.636. The molecule has 3 rings (SSSR count). The van der Waals surface area contributed by atoms with Crippen molar-refractivity contribution in [2.45, 2.75) is 17.9 Å². The van der Waals surface area contributed by atoms with Crippen molar-refractivity contribution < 1.29 is 19.7 Å². The van der Waals surface area contributed by atoms with Crippen LogP contribution in [0.2, 0.25) is 0 Å². The van der Waals surface area contributed by atoms with E-state index in [2.05, 4.69) is 4.98 Å². The third-order valence-corrected chi connectivity index (χ3v) is 3.72. The fourth-order valence-electron chi connectivity index (χ4n) is 2.66. The van der Waals surface area contributed by atoms with E-state index in [1.807, 2.05) is 0 Å². The Bertz CT molecular complexity index is 547. The van der Waals surface area contributed by atoms with E-state index in [9.17, 15) is 15.0 Å². The minimum Gasteiger partial charge on any atom is -0.393 e. The quantitative estimate of drug-likeness (QED) is 0.573. The second-order valence-corrected chi connectivity index (χ2v) is 4.90. The Labute approximate surface area is 108 Å². The maximum absolute atomic E-state index is 11.8. The molecule has 3 heterocycles. The molecular formula is C11H15N3O5. The second-order valence-electron chi connectivity index (χ2n) is 4.90. The number of rotatable bonds is 2. The van der Waals surface area contributed by atoms with Gasteiger partial charge < -0.3 is 25.4 Å². The van der Waals surface area contributed by atoms with Gasteiger partial charge in [-0.1, -0.05) is 0 Å². The normalized spacial score (nSPS) is 37.5. The Kier molecular flexibility index (Phi) is 2.82. The lowest BCUT2D eigenvalue weighted by atomic mass is 9.89. The van der Waals surface area contributed by atoms with Gasteiger partial charge in [0, 0.05) is 6.20 Å². The summed E-state index contributed by atoms with van der Waals surface area (Å²) in [4.78, 5) is 15.4. The average molecular weight is 269 g/mol. The molecule has 0 aliphatic carbocycles. The number of nitrogens with two attached hydrogens (primary N) is 1. The first-order valence-electron chi connectivity index (χ1n) is 5.96. The first-order chi connectivity index (χ1) is 9.07. The Morgan fingerprint density at radius 1 is 1.63 bits per heavy atom. The Balaban J connectivity index is 2.01. The predicted octanol–water partition coefficient (Wildman–Crippen LogP) is -1.91. The highest BCUT2D eigenvalue weighted by Crippen LogP contribution is 2.44. The highest BCUT2D eigenvalue weighted by molar-refractivity contribution is 5.23. The van der Waals surface area contributed by atoms with Crippen LogP contribution in [0.1, 0.15) is 6.23 Å². The first-order valence-corrected chi connectivity index (χ1v) is 5.96. The topological polar surface area (TPSA) is 120 Å². The van der Waals surface area contributed by atoms with Crippen LogP contribution in [0.15, 0.2) is 17.1 Å². The molecule has 2 aliphatic rings. The van der Waals surface area contributed by atoms with Crippen molar-refractivity contribution in [3.8, 4) is 0 Å². The van der Waals surface area contributed by atoms with Crippen LogP contribution in [0.25, 0.3) is 0 Å². The molecule has 104 valence electrons. The van der Waals surface area contributed by atoms with E-state index in [0.29, 0.717) is 0 Å². The summed E-state index contributed by atoms with van der Waals surface area (Å²) in [5.74, 6) is -0.306. The zero-order valence-electron chi connectivity index (χ0n) is 10.1. The van der Waals surface area contributed by atoms with Crippen LogP contribution in [0.3, 0.4) is 0 Å². The van der Waals surface area contributed by atoms with E-state index in [-0.39, 0.29) is 25.6 Å². The molecule has 2 bridgehead atoms. The summed E-state index contributed by atoms with van der Waals surface area (Å²) in [6, 6.07) is 1.48. The number of anilines is 1. The van der Waals surface area contributed by atoms with Gasteiger partial charge in [-0.15, -0.1) is 0 Å². The number of fused-ring (bicyclic) bond motifs is 2. The minimum atomic E-state index is -1.17. The molecule has 19 heavy (non-hydrogen) atoms. The molecule has 2 fully saturated rings. The number of aliphatic hydroxyl groups excluding tert-OH is 2. The number of hydrogen-bond donors (Lipinski definition) is 3. The predicted molar refractivity (Wildman–Crippen MR) is 63.2 cm³/mol. The van der Waals surface area contributed by atoms with Crippen molar-refractivity contribution in [1.29, 1.82) is 0 Å². The highest BCUT2D eigenvalue weighted by atomic mass is 16.6. The number of ether oxygens (including phenoxy) is 2. The van der Waals surface area contributed by atoms with Crippen LogP contribution < -0.4 is 11.4 Å². The van der Waals surface area contributed by atoms with Gasteiger partial charge in [-0.05, 0) is 6.07 Å². The van der Waals surface area contributed by atoms with Gasteiger partial charge in [-0.2, -0.15) is 4.98 Å². The van der Waals surface area contributed by atoms with Gasteiger partial charge in [0.05, 0.1) is 31.8 Å². The SMILES string of the molecule is Nc1ccn([C@@H]2O[C@@]3(CO)COC[C@@H]2[C@@H]3O)c(=O)n1. The summed E-state index contributed by atoms with van der Waals surface area (Å²) in [5, 5.41) is 19.6. The molecule has 8 nitrogen and oxygen atoms in total. The van der Waals surface area contributed by atoms with E-state index >= 15 is 0 Å². The van der Waals surface area contributed by atoms with Gasteiger partial charge in [0.1, 0.15) is 17.6 Å². The van der Waals surface area contributed by atoms with Crippen LogP contribution in [0, 0.1) is 5.92 Å². The molecule has 2 aliphatic heterocycles. The fourth-order valence-corrected chi connectivity index (χ4v) is 2.66. The maximum Gasteiger partial charge on any atom is 0.351 e. The molecule has 2 saturated heterocycles. The van der Waals surface area contributed by atoms with Crippen LogP contribution >= 0.6 is 0 Å². The van der Waals surface area contributed by atoms with Crippen molar-refractivity contribution in [1.82, 2.24) is 9.55 Å². The highest BCUT2D eigenvalue weighted by Gasteiger charge is 2.58. The van der Waals surface area contributed by atoms with Gasteiger partial charge >= 0.3 is 5.69 Å². The molecule has 0 saturated carbocycles. The molecule has 0 aromatic carbocycles. The Morgan fingerprint density at radius 3 is 3.05 bits per heavy atom. The summed E-state index contributed by atoms with van der Waals surface area (Å²) in [7, 11) is 0. The van der Waals surface area contributed by atoms with Crippen LogP contribution in [-0.4, -0.2) is 51.3 Å². The van der Waals surface area contributed by atoms with E-state index < -0.39 is 29.5 Å². The van der Waals surface area contributed by atoms with E-state index in [1.54, 1.807) is 0 Å². The number of aliphatic hydroxyl groups is 2. The van der Waals surface area contributed by atoms with Crippen LogP contribution in [0.5, 0.6) is 0 Å². The van der Waals surface area contributed by atoms with Crippen LogP contribution in [-0.2, 0) is 9.47 Å². The van der Waals surface area contributed by atoms with E-state index in [0.717, 1.165) is 0 Å². The van der Waals surface area contributed by atoms with Crippen molar-refractivity contribution in [2.24, 2.45) is 5.92 Å². The van der Waals surface area contributed by atoms with Gasteiger partial charge in [0.25, 0.3) is 0 Å². The standard InChI is InChI=1S/C11H15N3O5/c12-7-1-2-14(10(17)13-7)9-6-3-18-5-11(4-15,19-9)8(6)16/h1-2,6,8-9,15-16H,3-5H2,(H2,12,13,17)/t6-,8+,9-,11+/m1/s1. The summed E-state index contributed by atoms with van der Waals surface area (Å²) in [5.41, 5.74) is 3.70. The van der Waals surface area contributed by atoms with Crippen LogP contribution in [0.4, 0.5) is 5.82 Å². The third-order valence-electron chi connectivity index (χ3n) is 3.72. The molecule has 4 N–H and O–H groups in total. The number of nitrogens with zero attached hydrogens (tertiary/aromatic N) is 2. The lowest BCUT2D eigenvalue weighted by molar-refractivity contribution is -0.163. The summed E-state index contributed by atoms with van der Waals surface area (Å²) >= 11 is 0. The molecule has 8 heteroatoms. The Hall–Kier alpha value is -1.48. The zero-order chi connectivity index (χ0) is 13.6. The molecule has 0 unspecified atom stereocenters. The monoisotopic (exact) mass is 269 g/mol. The number of aromatic nitrogens is 2. The Morgan fingerprint density at radius 2 is 2.42 bits per heavy atom. The smallest absolute Gasteiger partial charge is 0.351 e. The van der Waals surface area contributed by atoms with Gasteiger partial charge in [0.2, 0.25) is 0 Å².